The van der Waals surface area contributed by atoms with Crippen molar-refractivity contribution in [1.29, 1.82) is 5.41 Å². The molecule has 5 N–H and O–H groups in total. The third-order valence-corrected chi connectivity index (χ3v) is 9.49. The van der Waals surface area contributed by atoms with E-state index >= 15 is 8.78 Å². The van der Waals surface area contributed by atoms with E-state index in [2.05, 4.69) is 10.0 Å². The number of nitrogens with two attached hydrogens (primary N) is 1. The SMILES string of the molecule is Cc1ccc(-c2ccc(C(F)(F)C(NSc3ccc(NCC4CCCC4)c(C=N)c3)C(=O)N3CCC(N)CC3)cc2)cc1. The second-order valence-corrected chi connectivity index (χ2v) is 12.7. The number of anilines is 1. The van der Waals surface area contributed by atoms with Crippen LogP contribution in [-0.2, 0) is 10.7 Å². The average molecular weight is 606 g/mol. The molecular weight excluding hydrogens is 564 g/mol. The van der Waals surface area contributed by atoms with Gasteiger partial charge < -0.3 is 21.4 Å². The topological polar surface area (TPSA) is 94.2 Å². The summed E-state index contributed by atoms with van der Waals surface area (Å²) in [6, 6.07) is 17.8. The van der Waals surface area contributed by atoms with E-state index in [4.69, 9.17) is 11.1 Å². The van der Waals surface area contributed by atoms with Crippen LogP contribution in [0.4, 0.5) is 14.5 Å². The molecule has 1 atom stereocenters. The highest BCUT2D eigenvalue weighted by Crippen LogP contribution is 2.36. The van der Waals surface area contributed by atoms with E-state index in [0.29, 0.717) is 42.3 Å². The van der Waals surface area contributed by atoms with Crippen LogP contribution in [0.2, 0.25) is 0 Å². The van der Waals surface area contributed by atoms with Gasteiger partial charge in [-0.15, -0.1) is 0 Å². The smallest absolute Gasteiger partial charge is 0.298 e. The van der Waals surface area contributed by atoms with Gasteiger partial charge in [0.25, 0.3) is 5.92 Å². The van der Waals surface area contributed by atoms with Crippen LogP contribution in [0.1, 0.15) is 55.2 Å². The average Bonchev–Trinajstić information content (AvgIpc) is 3.55. The Hall–Kier alpha value is -3.27. The lowest BCUT2D eigenvalue weighted by Crippen LogP contribution is -2.55. The maximum absolute atomic E-state index is 16.3. The third kappa shape index (κ3) is 7.63. The van der Waals surface area contributed by atoms with Crippen molar-refractivity contribution in [2.75, 3.05) is 25.0 Å². The van der Waals surface area contributed by atoms with Crippen molar-refractivity contribution in [2.45, 2.75) is 68.4 Å². The van der Waals surface area contributed by atoms with Crippen molar-refractivity contribution >= 4 is 29.8 Å². The van der Waals surface area contributed by atoms with Gasteiger partial charge in [0.15, 0.2) is 6.04 Å². The molecule has 1 heterocycles. The Bertz CT molecular complexity index is 1380. The number of halogens is 2. The number of rotatable bonds is 11. The van der Waals surface area contributed by atoms with Crippen molar-refractivity contribution in [3.8, 4) is 11.1 Å². The number of carbonyl (C=O) groups excluding carboxylic acids is 1. The molecule has 1 unspecified atom stereocenters. The lowest BCUT2D eigenvalue weighted by atomic mass is 9.96. The fourth-order valence-electron chi connectivity index (χ4n) is 5.86. The van der Waals surface area contributed by atoms with Crippen LogP contribution in [0.5, 0.6) is 0 Å². The van der Waals surface area contributed by atoms with Gasteiger partial charge in [0.2, 0.25) is 5.91 Å². The first-order valence-electron chi connectivity index (χ1n) is 15.1. The number of benzene rings is 3. The Balaban J connectivity index is 1.35. The Labute approximate surface area is 257 Å². The molecule has 43 heavy (non-hydrogen) atoms. The summed E-state index contributed by atoms with van der Waals surface area (Å²) in [7, 11) is 0. The van der Waals surface area contributed by atoms with Gasteiger partial charge >= 0.3 is 0 Å². The van der Waals surface area contributed by atoms with Crippen LogP contribution >= 0.6 is 11.9 Å². The number of likely N-dealkylation sites (tertiary alicyclic amines) is 1. The minimum Gasteiger partial charge on any atom is -0.384 e. The quantitative estimate of drug-likeness (QED) is 0.140. The summed E-state index contributed by atoms with van der Waals surface area (Å²) in [4.78, 5) is 15.8. The van der Waals surface area contributed by atoms with Crippen LogP contribution in [0.15, 0.2) is 71.6 Å². The Morgan fingerprint density at radius 2 is 1.65 bits per heavy atom. The van der Waals surface area contributed by atoms with E-state index in [0.717, 1.165) is 40.9 Å². The van der Waals surface area contributed by atoms with Gasteiger partial charge in [0.05, 0.1) is 0 Å². The second kappa shape index (κ2) is 14.0. The van der Waals surface area contributed by atoms with Crippen molar-refractivity contribution in [1.82, 2.24) is 9.62 Å². The number of amides is 1. The molecule has 1 aliphatic heterocycles. The molecule has 1 saturated heterocycles. The first-order chi connectivity index (χ1) is 20.7. The largest absolute Gasteiger partial charge is 0.384 e. The fourth-order valence-corrected chi connectivity index (χ4v) is 6.68. The van der Waals surface area contributed by atoms with Crippen molar-refractivity contribution in [3.05, 3.63) is 83.4 Å². The summed E-state index contributed by atoms with van der Waals surface area (Å²) in [6.45, 7) is 3.56. The summed E-state index contributed by atoms with van der Waals surface area (Å²) in [5.41, 5.74) is 10.2. The first kappa shape index (κ1) is 31.2. The van der Waals surface area contributed by atoms with E-state index in [1.165, 1.54) is 48.9 Å². The number of aryl methyl sites for hydroxylation is 1. The molecule has 0 spiro atoms. The summed E-state index contributed by atoms with van der Waals surface area (Å²) in [5, 5.41) is 11.4. The highest BCUT2D eigenvalue weighted by Gasteiger charge is 2.48. The Morgan fingerprint density at radius 3 is 2.28 bits per heavy atom. The van der Waals surface area contributed by atoms with Crippen molar-refractivity contribution < 1.29 is 13.6 Å². The highest BCUT2D eigenvalue weighted by atomic mass is 32.2. The van der Waals surface area contributed by atoms with E-state index in [9.17, 15) is 4.79 Å². The van der Waals surface area contributed by atoms with Crippen molar-refractivity contribution in [3.63, 3.8) is 0 Å². The molecule has 228 valence electrons. The van der Waals surface area contributed by atoms with Crippen LogP contribution in [-0.4, -0.2) is 48.7 Å². The number of piperidine rings is 1. The summed E-state index contributed by atoms with van der Waals surface area (Å²) in [5.74, 6) is -3.49. The molecule has 1 amide bonds. The molecule has 2 fully saturated rings. The minimum absolute atomic E-state index is 0.0278. The maximum Gasteiger partial charge on any atom is 0.298 e. The Morgan fingerprint density at radius 1 is 1.02 bits per heavy atom. The van der Waals surface area contributed by atoms with Gasteiger partial charge in [-0.1, -0.05) is 66.9 Å². The molecule has 5 rings (SSSR count). The minimum atomic E-state index is -3.48. The zero-order valence-corrected chi connectivity index (χ0v) is 25.4. The Kier molecular flexibility index (Phi) is 10.2. The lowest BCUT2D eigenvalue weighted by Gasteiger charge is -2.35. The first-order valence-corrected chi connectivity index (χ1v) is 16.0. The van der Waals surface area contributed by atoms with Gasteiger partial charge in [-0.3, -0.25) is 4.79 Å². The molecule has 0 aromatic heterocycles. The number of hydrogen-bond donors (Lipinski definition) is 4. The number of alkyl halides is 2. The van der Waals surface area contributed by atoms with Crippen molar-refractivity contribution in [2.24, 2.45) is 11.7 Å². The predicted octanol–water partition coefficient (Wildman–Crippen LogP) is 6.97. The monoisotopic (exact) mass is 605 g/mol. The van der Waals surface area contributed by atoms with Crippen LogP contribution in [0.25, 0.3) is 11.1 Å². The molecular formula is C34H41F2N5OS. The molecule has 3 aromatic carbocycles. The second-order valence-electron chi connectivity index (χ2n) is 11.8. The van der Waals surface area contributed by atoms with E-state index in [1.54, 1.807) is 18.2 Å². The summed E-state index contributed by atoms with van der Waals surface area (Å²) in [6.07, 6.45) is 7.39. The molecule has 3 aromatic rings. The predicted molar refractivity (Wildman–Crippen MR) is 172 cm³/mol. The standard InChI is InChI=1S/C34H41F2N5OS/c1-23-6-8-25(9-7-23)26-10-12-28(13-11-26)34(35,36)32(33(42)41-18-16-29(38)17-19-41)40-43-30-14-15-31(27(20-30)21-37)39-22-24-4-2-3-5-24/h6-15,20-21,24,29,32,37,39-40H,2-5,16-19,22,38H2,1H3. The lowest BCUT2D eigenvalue weighted by molar-refractivity contribution is -0.145. The number of nitrogens with zero attached hydrogens (tertiary/aromatic N) is 1. The van der Waals surface area contributed by atoms with Gasteiger partial charge in [-0.05, 0) is 79.8 Å². The van der Waals surface area contributed by atoms with Gasteiger partial charge in [-0.2, -0.15) is 8.78 Å². The highest BCUT2D eigenvalue weighted by molar-refractivity contribution is 7.97. The summed E-state index contributed by atoms with van der Waals surface area (Å²) < 4.78 is 35.3. The third-order valence-electron chi connectivity index (χ3n) is 8.64. The zero-order valence-electron chi connectivity index (χ0n) is 24.6. The molecule has 9 heteroatoms. The van der Waals surface area contributed by atoms with Gasteiger partial charge in [0, 0.05) is 53.6 Å². The van der Waals surface area contributed by atoms with E-state index in [1.807, 2.05) is 43.3 Å². The van der Waals surface area contributed by atoms with Gasteiger partial charge in [0.1, 0.15) is 0 Å². The maximum atomic E-state index is 16.3. The molecule has 0 bridgehead atoms. The van der Waals surface area contributed by atoms with Crippen LogP contribution in [0, 0.1) is 18.3 Å². The van der Waals surface area contributed by atoms with Crippen LogP contribution in [0.3, 0.4) is 0 Å². The molecule has 6 nitrogen and oxygen atoms in total. The normalized spacial score (nSPS) is 17.2. The van der Waals surface area contributed by atoms with E-state index in [-0.39, 0.29) is 11.6 Å². The fraction of sp³-hybridized carbons (Fsp3) is 0.412. The van der Waals surface area contributed by atoms with E-state index < -0.39 is 17.9 Å². The number of nitrogens with one attached hydrogen (secondary N) is 3. The summed E-state index contributed by atoms with van der Waals surface area (Å²) >= 11 is 0.993. The zero-order chi connectivity index (χ0) is 30.4. The molecule has 1 saturated carbocycles. The molecule has 0 radical (unpaired) electrons. The van der Waals surface area contributed by atoms with Crippen LogP contribution < -0.4 is 15.8 Å². The number of carbonyl (C=O) groups is 1. The van der Waals surface area contributed by atoms with Gasteiger partial charge in [-0.25, -0.2) is 4.72 Å². The molecule has 1 aliphatic carbocycles. The molecule has 2 aliphatic rings. The number of hydrogen-bond acceptors (Lipinski definition) is 6.